The van der Waals surface area contributed by atoms with E-state index in [0.29, 0.717) is 18.7 Å². The van der Waals surface area contributed by atoms with E-state index < -0.39 is 5.97 Å². The van der Waals surface area contributed by atoms with Crippen LogP contribution in [0.15, 0.2) is 54.6 Å². The molecule has 0 spiro atoms. The van der Waals surface area contributed by atoms with Crippen molar-refractivity contribution in [3.05, 3.63) is 60.2 Å². The van der Waals surface area contributed by atoms with Gasteiger partial charge in [0.05, 0.1) is 20.1 Å². The van der Waals surface area contributed by atoms with Crippen molar-refractivity contribution >= 4 is 11.9 Å². The molecule has 1 amide bonds. The largest absolute Gasteiger partial charge is 0.497 e. The first-order valence-electron chi connectivity index (χ1n) is 8.40. The normalized spacial score (nSPS) is 10.0. The molecule has 0 saturated heterocycles. The minimum atomic E-state index is -0.466. The number of ether oxygens (including phenoxy) is 3. The zero-order chi connectivity index (χ0) is 18.6. The molecule has 0 radical (unpaired) electrons. The third-order valence-electron chi connectivity index (χ3n) is 3.58. The van der Waals surface area contributed by atoms with Crippen molar-refractivity contribution in [1.29, 1.82) is 0 Å². The summed E-state index contributed by atoms with van der Waals surface area (Å²) in [6.45, 7) is 0.397. The van der Waals surface area contributed by atoms with Crippen molar-refractivity contribution in [2.75, 3.05) is 26.9 Å². The number of hydrogen-bond donors (Lipinski definition) is 1. The van der Waals surface area contributed by atoms with Crippen LogP contribution in [0, 0.1) is 0 Å². The number of hydrogen-bond acceptors (Lipinski definition) is 5. The number of benzene rings is 2. The maximum Gasteiger partial charge on any atom is 0.309 e. The molecule has 0 heterocycles. The van der Waals surface area contributed by atoms with Crippen LogP contribution in [0.5, 0.6) is 11.5 Å². The first kappa shape index (κ1) is 19.3. The maximum absolute atomic E-state index is 11.7. The van der Waals surface area contributed by atoms with Gasteiger partial charge in [-0.05, 0) is 36.2 Å². The van der Waals surface area contributed by atoms with Gasteiger partial charge in [0, 0.05) is 6.54 Å². The second-order valence-corrected chi connectivity index (χ2v) is 5.52. The molecule has 2 aromatic carbocycles. The van der Waals surface area contributed by atoms with Crippen molar-refractivity contribution in [1.82, 2.24) is 5.32 Å². The molecule has 0 aliphatic rings. The van der Waals surface area contributed by atoms with Crippen molar-refractivity contribution < 1.29 is 23.8 Å². The Balaban J connectivity index is 1.55. The number of para-hydroxylation sites is 1. The SMILES string of the molecule is COc1ccc(CCNC(=O)COC(=O)CCOc2ccccc2)cc1. The minimum Gasteiger partial charge on any atom is -0.497 e. The van der Waals surface area contributed by atoms with Crippen LogP contribution in [-0.2, 0) is 20.7 Å². The summed E-state index contributed by atoms with van der Waals surface area (Å²) in [5, 5.41) is 2.72. The van der Waals surface area contributed by atoms with E-state index in [-0.39, 0.29) is 25.5 Å². The smallest absolute Gasteiger partial charge is 0.309 e. The lowest BCUT2D eigenvalue weighted by molar-refractivity contribution is -0.149. The van der Waals surface area contributed by atoms with Crippen molar-refractivity contribution in [2.45, 2.75) is 12.8 Å². The summed E-state index contributed by atoms with van der Waals surface area (Å²) < 4.78 is 15.4. The Bertz CT molecular complexity index is 685. The van der Waals surface area contributed by atoms with Crippen molar-refractivity contribution in [3.63, 3.8) is 0 Å². The quantitative estimate of drug-likeness (QED) is 0.661. The fourth-order valence-corrected chi connectivity index (χ4v) is 2.18. The van der Waals surface area contributed by atoms with Crippen LogP contribution in [0.2, 0.25) is 0 Å². The van der Waals surface area contributed by atoms with Crippen LogP contribution in [-0.4, -0.2) is 38.7 Å². The fraction of sp³-hybridized carbons (Fsp3) is 0.300. The summed E-state index contributed by atoms with van der Waals surface area (Å²) in [6.07, 6.45) is 0.780. The molecular formula is C20H23NO5. The summed E-state index contributed by atoms with van der Waals surface area (Å²) in [5.41, 5.74) is 1.08. The van der Waals surface area contributed by atoms with E-state index in [9.17, 15) is 9.59 Å². The molecule has 0 aliphatic carbocycles. The van der Waals surface area contributed by atoms with Crippen LogP contribution in [0.4, 0.5) is 0 Å². The lowest BCUT2D eigenvalue weighted by atomic mass is 10.1. The van der Waals surface area contributed by atoms with Crippen molar-refractivity contribution in [2.24, 2.45) is 0 Å². The molecule has 0 atom stereocenters. The molecule has 26 heavy (non-hydrogen) atoms. The van der Waals surface area contributed by atoms with Gasteiger partial charge in [0.2, 0.25) is 0 Å². The molecule has 2 rings (SSSR count). The van der Waals surface area contributed by atoms with E-state index in [4.69, 9.17) is 14.2 Å². The van der Waals surface area contributed by atoms with Gasteiger partial charge in [-0.2, -0.15) is 0 Å². The van der Waals surface area contributed by atoms with Crippen LogP contribution < -0.4 is 14.8 Å². The third kappa shape index (κ3) is 7.25. The Labute approximate surface area is 153 Å². The molecule has 0 unspecified atom stereocenters. The second-order valence-electron chi connectivity index (χ2n) is 5.52. The van der Waals surface area contributed by atoms with E-state index in [2.05, 4.69) is 5.32 Å². The van der Waals surface area contributed by atoms with Gasteiger partial charge in [-0.1, -0.05) is 30.3 Å². The molecule has 0 aromatic heterocycles. The average Bonchev–Trinajstić information content (AvgIpc) is 2.68. The highest BCUT2D eigenvalue weighted by atomic mass is 16.5. The number of rotatable bonds is 10. The van der Waals surface area contributed by atoms with E-state index in [0.717, 1.165) is 11.3 Å². The molecule has 0 aliphatic heterocycles. The lowest BCUT2D eigenvalue weighted by Gasteiger charge is -2.08. The Morgan fingerprint density at radius 2 is 1.69 bits per heavy atom. The third-order valence-corrected chi connectivity index (χ3v) is 3.58. The highest BCUT2D eigenvalue weighted by Gasteiger charge is 2.07. The zero-order valence-electron chi connectivity index (χ0n) is 14.8. The molecular weight excluding hydrogens is 334 g/mol. The van der Waals surface area contributed by atoms with Crippen LogP contribution in [0.1, 0.15) is 12.0 Å². The summed E-state index contributed by atoms with van der Waals surface area (Å²) in [5.74, 6) is 0.694. The summed E-state index contributed by atoms with van der Waals surface area (Å²) in [4.78, 5) is 23.3. The van der Waals surface area contributed by atoms with Gasteiger partial charge in [0.15, 0.2) is 6.61 Å². The van der Waals surface area contributed by atoms with Crippen LogP contribution in [0.3, 0.4) is 0 Å². The fourth-order valence-electron chi connectivity index (χ4n) is 2.18. The number of amides is 1. The summed E-state index contributed by atoms with van der Waals surface area (Å²) >= 11 is 0. The maximum atomic E-state index is 11.7. The van der Waals surface area contributed by atoms with Crippen LogP contribution in [0.25, 0.3) is 0 Å². The van der Waals surface area contributed by atoms with Gasteiger partial charge in [0.25, 0.3) is 5.91 Å². The van der Waals surface area contributed by atoms with Gasteiger partial charge < -0.3 is 19.5 Å². The zero-order valence-corrected chi connectivity index (χ0v) is 14.8. The number of carbonyl (C=O) groups is 2. The molecule has 138 valence electrons. The minimum absolute atomic E-state index is 0.0913. The Hall–Kier alpha value is -3.02. The van der Waals surface area contributed by atoms with E-state index in [1.54, 1.807) is 7.11 Å². The first-order chi connectivity index (χ1) is 12.7. The topological polar surface area (TPSA) is 73.9 Å². The Morgan fingerprint density at radius 3 is 2.38 bits per heavy atom. The van der Waals surface area contributed by atoms with E-state index in [1.807, 2.05) is 54.6 Å². The molecule has 0 fully saturated rings. The monoisotopic (exact) mass is 357 g/mol. The van der Waals surface area contributed by atoms with Crippen LogP contribution >= 0.6 is 0 Å². The average molecular weight is 357 g/mol. The molecule has 0 bridgehead atoms. The summed E-state index contributed by atoms with van der Waals surface area (Å²) in [7, 11) is 1.62. The number of carbonyl (C=O) groups excluding carboxylic acids is 2. The predicted molar refractivity (Wildman–Crippen MR) is 97.2 cm³/mol. The Kier molecular flexibility index (Phi) is 7.99. The van der Waals surface area contributed by atoms with Gasteiger partial charge in [-0.15, -0.1) is 0 Å². The number of esters is 1. The first-order valence-corrected chi connectivity index (χ1v) is 8.40. The highest BCUT2D eigenvalue weighted by Crippen LogP contribution is 2.11. The second kappa shape index (κ2) is 10.8. The Morgan fingerprint density at radius 1 is 0.962 bits per heavy atom. The van der Waals surface area contributed by atoms with E-state index >= 15 is 0 Å². The molecule has 1 N–H and O–H groups in total. The van der Waals surface area contributed by atoms with Gasteiger partial charge in [0.1, 0.15) is 11.5 Å². The van der Waals surface area contributed by atoms with E-state index in [1.165, 1.54) is 0 Å². The number of nitrogens with one attached hydrogen (secondary N) is 1. The lowest BCUT2D eigenvalue weighted by Crippen LogP contribution is -2.30. The molecule has 6 heteroatoms. The summed E-state index contributed by atoms with van der Waals surface area (Å²) in [6, 6.07) is 16.8. The number of methoxy groups -OCH3 is 1. The standard InChI is InChI=1S/C20H23NO5/c1-24-17-9-7-16(8-10-17)11-13-21-19(22)15-26-20(23)12-14-25-18-5-3-2-4-6-18/h2-10H,11-15H2,1H3,(H,21,22). The predicted octanol–water partition coefficient (Wildman–Crippen LogP) is 2.37. The molecule has 0 saturated carbocycles. The molecule has 2 aromatic rings. The highest BCUT2D eigenvalue weighted by molar-refractivity contribution is 5.80. The van der Waals surface area contributed by atoms with Gasteiger partial charge in [-0.3, -0.25) is 9.59 Å². The van der Waals surface area contributed by atoms with Gasteiger partial charge in [-0.25, -0.2) is 0 Å². The van der Waals surface area contributed by atoms with Gasteiger partial charge >= 0.3 is 5.97 Å². The molecule has 6 nitrogen and oxygen atoms in total. The van der Waals surface area contributed by atoms with Crippen molar-refractivity contribution in [3.8, 4) is 11.5 Å².